The maximum atomic E-state index is 11.3. The molecule has 15 heavy (non-hydrogen) atoms. The van der Waals surface area contributed by atoms with Gasteiger partial charge in [-0.15, -0.1) is 0 Å². The van der Waals surface area contributed by atoms with Gasteiger partial charge in [-0.25, -0.2) is 0 Å². The fraction of sp³-hybridized carbons (Fsp3) is 0.917. The van der Waals surface area contributed by atoms with E-state index in [2.05, 4.69) is 26.1 Å². The van der Waals surface area contributed by atoms with E-state index in [1.807, 2.05) is 0 Å². The summed E-state index contributed by atoms with van der Waals surface area (Å²) < 4.78 is 0. The minimum absolute atomic E-state index is 0.0175. The normalized spacial score (nSPS) is 27.5. The lowest BCUT2D eigenvalue weighted by Gasteiger charge is -2.40. The standard InChI is InChI=1S/C12H24N2O/c1-12(2,3)9-6-4-5-7-10(9)14-11(15)8-13/h9-10H,4-8,13H2,1-3H3,(H,14,15). The topological polar surface area (TPSA) is 55.1 Å². The maximum Gasteiger partial charge on any atom is 0.233 e. The van der Waals surface area contributed by atoms with Crippen molar-refractivity contribution in [3.8, 4) is 0 Å². The molecule has 1 saturated carbocycles. The predicted octanol–water partition coefficient (Wildman–Crippen LogP) is 1.67. The summed E-state index contributed by atoms with van der Waals surface area (Å²) in [4.78, 5) is 11.3. The van der Waals surface area contributed by atoms with E-state index in [1.165, 1.54) is 19.3 Å². The van der Waals surface area contributed by atoms with E-state index in [0.717, 1.165) is 6.42 Å². The van der Waals surface area contributed by atoms with Gasteiger partial charge >= 0.3 is 0 Å². The number of carbonyl (C=O) groups is 1. The molecule has 3 N–H and O–H groups in total. The molecule has 0 saturated heterocycles. The second kappa shape index (κ2) is 4.97. The number of carbonyl (C=O) groups excluding carboxylic acids is 1. The minimum atomic E-state index is -0.0175. The Hall–Kier alpha value is -0.570. The summed E-state index contributed by atoms with van der Waals surface area (Å²) in [6.07, 6.45) is 4.84. The number of rotatable bonds is 2. The van der Waals surface area contributed by atoms with E-state index >= 15 is 0 Å². The quantitative estimate of drug-likeness (QED) is 0.731. The Bertz CT molecular complexity index is 220. The summed E-state index contributed by atoms with van der Waals surface area (Å²) in [5.74, 6) is 0.567. The Labute approximate surface area is 92.8 Å². The van der Waals surface area contributed by atoms with Crippen LogP contribution >= 0.6 is 0 Å². The van der Waals surface area contributed by atoms with Gasteiger partial charge in [0.05, 0.1) is 6.54 Å². The highest BCUT2D eigenvalue weighted by atomic mass is 16.1. The van der Waals surface area contributed by atoms with Crippen LogP contribution in [0.1, 0.15) is 46.5 Å². The van der Waals surface area contributed by atoms with Crippen molar-refractivity contribution in [2.75, 3.05) is 6.54 Å². The predicted molar refractivity (Wildman–Crippen MR) is 62.4 cm³/mol. The van der Waals surface area contributed by atoms with Gasteiger partial charge < -0.3 is 11.1 Å². The number of hydrogen-bond acceptors (Lipinski definition) is 2. The van der Waals surface area contributed by atoms with Gasteiger partial charge in [-0.2, -0.15) is 0 Å². The molecular weight excluding hydrogens is 188 g/mol. The first-order valence-electron chi connectivity index (χ1n) is 5.94. The van der Waals surface area contributed by atoms with Crippen molar-refractivity contribution in [1.82, 2.24) is 5.32 Å². The molecule has 0 bridgehead atoms. The molecule has 1 rings (SSSR count). The molecule has 0 aromatic heterocycles. The van der Waals surface area contributed by atoms with Gasteiger partial charge in [-0.05, 0) is 24.2 Å². The van der Waals surface area contributed by atoms with Crippen LogP contribution in [0.25, 0.3) is 0 Å². The van der Waals surface area contributed by atoms with E-state index in [4.69, 9.17) is 5.73 Å². The zero-order valence-electron chi connectivity index (χ0n) is 10.2. The van der Waals surface area contributed by atoms with E-state index < -0.39 is 0 Å². The average molecular weight is 212 g/mol. The van der Waals surface area contributed by atoms with Crippen LogP contribution in [0.2, 0.25) is 0 Å². The largest absolute Gasteiger partial charge is 0.352 e. The number of nitrogens with one attached hydrogen (secondary N) is 1. The summed E-state index contributed by atoms with van der Waals surface area (Å²) >= 11 is 0. The summed E-state index contributed by atoms with van der Waals surface area (Å²) in [6.45, 7) is 6.87. The number of amides is 1. The maximum absolute atomic E-state index is 11.3. The van der Waals surface area contributed by atoms with Crippen LogP contribution in [0.5, 0.6) is 0 Å². The summed E-state index contributed by atoms with van der Waals surface area (Å²) in [5.41, 5.74) is 5.60. The molecule has 0 heterocycles. The second-order valence-electron chi connectivity index (χ2n) is 5.64. The van der Waals surface area contributed by atoms with Crippen molar-refractivity contribution < 1.29 is 4.79 Å². The molecule has 0 radical (unpaired) electrons. The molecule has 0 aromatic carbocycles. The summed E-state index contributed by atoms with van der Waals surface area (Å²) in [6, 6.07) is 0.329. The van der Waals surface area contributed by atoms with Gasteiger partial charge in [-0.3, -0.25) is 4.79 Å². The van der Waals surface area contributed by atoms with E-state index in [9.17, 15) is 4.79 Å². The lowest BCUT2D eigenvalue weighted by molar-refractivity contribution is -0.121. The highest BCUT2D eigenvalue weighted by molar-refractivity contribution is 5.78. The molecule has 1 aliphatic rings. The van der Waals surface area contributed by atoms with Gasteiger partial charge in [0.15, 0.2) is 0 Å². The Balaban J connectivity index is 2.62. The third-order valence-corrected chi connectivity index (χ3v) is 3.41. The van der Waals surface area contributed by atoms with Crippen molar-refractivity contribution in [3.05, 3.63) is 0 Å². The zero-order valence-corrected chi connectivity index (χ0v) is 10.2. The van der Waals surface area contributed by atoms with Gasteiger partial charge in [0.1, 0.15) is 0 Å². The van der Waals surface area contributed by atoms with Crippen LogP contribution in [0.15, 0.2) is 0 Å². The van der Waals surface area contributed by atoms with Gasteiger partial charge in [0.2, 0.25) is 5.91 Å². The average Bonchev–Trinajstić information content (AvgIpc) is 2.17. The Morgan fingerprint density at radius 3 is 2.47 bits per heavy atom. The smallest absolute Gasteiger partial charge is 0.233 e. The van der Waals surface area contributed by atoms with Gasteiger partial charge in [0, 0.05) is 6.04 Å². The lowest BCUT2D eigenvalue weighted by atomic mass is 9.69. The molecule has 0 aliphatic heterocycles. The third kappa shape index (κ3) is 3.49. The van der Waals surface area contributed by atoms with Gasteiger partial charge in [-0.1, -0.05) is 33.6 Å². The number of hydrogen-bond donors (Lipinski definition) is 2. The van der Waals surface area contributed by atoms with Crippen molar-refractivity contribution in [2.24, 2.45) is 17.1 Å². The molecule has 1 aliphatic carbocycles. The second-order valence-corrected chi connectivity index (χ2v) is 5.64. The van der Waals surface area contributed by atoms with Crippen molar-refractivity contribution >= 4 is 5.91 Å². The molecule has 88 valence electrons. The molecule has 0 aromatic rings. The molecule has 1 fully saturated rings. The van der Waals surface area contributed by atoms with Gasteiger partial charge in [0.25, 0.3) is 0 Å². The van der Waals surface area contributed by atoms with Crippen LogP contribution < -0.4 is 11.1 Å². The van der Waals surface area contributed by atoms with Crippen LogP contribution in [0, 0.1) is 11.3 Å². The Kier molecular flexibility index (Phi) is 4.14. The Morgan fingerprint density at radius 2 is 1.93 bits per heavy atom. The molecular formula is C12H24N2O. The van der Waals surface area contributed by atoms with E-state index in [-0.39, 0.29) is 17.9 Å². The molecule has 0 spiro atoms. The first-order valence-corrected chi connectivity index (χ1v) is 5.94. The van der Waals surface area contributed by atoms with Crippen LogP contribution in [0.4, 0.5) is 0 Å². The monoisotopic (exact) mass is 212 g/mol. The van der Waals surface area contributed by atoms with Crippen LogP contribution in [0.3, 0.4) is 0 Å². The van der Waals surface area contributed by atoms with Crippen molar-refractivity contribution in [3.63, 3.8) is 0 Å². The van der Waals surface area contributed by atoms with Crippen molar-refractivity contribution in [1.29, 1.82) is 0 Å². The van der Waals surface area contributed by atoms with E-state index in [1.54, 1.807) is 0 Å². The fourth-order valence-electron chi connectivity index (χ4n) is 2.61. The van der Waals surface area contributed by atoms with Crippen molar-refractivity contribution in [2.45, 2.75) is 52.5 Å². The highest BCUT2D eigenvalue weighted by Crippen LogP contribution is 2.37. The lowest BCUT2D eigenvalue weighted by Crippen LogP contribution is -2.48. The third-order valence-electron chi connectivity index (χ3n) is 3.41. The fourth-order valence-corrected chi connectivity index (χ4v) is 2.61. The van der Waals surface area contributed by atoms with Crippen LogP contribution in [-0.2, 0) is 4.79 Å². The molecule has 2 unspecified atom stereocenters. The SMILES string of the molecule is CC(C)(C)C1CCCCC1NC(=O)CN. The highest BCUT2D eigenvalue weighted by Gasteiger charge is 2.34. The molecule has 3 heteroatoms. The summed E-state index contributed by atoms with van der Waals surface area (Å²) in [5, 5.41) is 3.06. The Morgan fingerprint density at radius 1 is 1.33 bits per heavy atom. The first-order chi connectivity index (χ1) is 6.95. The molecule has 2 atom stereocenters. The molecule has 1 amide bonds. The van der Waals surface area contributed by atoms with Crippen LogP contribution in [-0.4, -0.2) is 18.5 Å². The minimum Gasteiger partial charge on any atom is -0.352 e. The van der Waals surface area contributed by atoms with E-state index in [0.29, 0.717) is 12.0 Å². The summed E-state index contributed by atoms with van der Waals surface area (Å²) in [7, 11) is 0. The number of nitrogens with two attached hydrogens (primary N) is 1. The zero-order chi connectivity index (χ0) is 11.5. The first kappa shape index (κ1) is 12.5. The molecule has 3 nitrogen and oxygen atoms in total.